The molecule has 1 N–H and O–H groups in total. The Kier molecular flexibility index (Phi) is 4.92. The van der Waals surface area contributed by atoms with Crippen LogP contribution in [0.3, 0.4) is 0 Å². The van der Waals surface area contributed by atoms with Crippen molar-refractivity contribution in [3.8, 4) is 6.07 Å². The van der Waals surface area contributed by atoms with Gasteiger partial charge in [-0.05, 0) is 37.6 Å². The first-order valence-electron chi connectivity index (χ1n) is 7.34. The number of carboxylic acid groups (broad SMARTS) is 1. The van der Waals surface area contributed by atoms with Crippen LogP contribution in [0.5, 0.6) is 0 Å². The lowest BCUT2D eigenvalue weighted by atomic mass is 9.78. The van der Waals surface area contributed by atoms with Crippen molar-refractivity contribution in [3.05, 3.63) is 29.6 Å². The van der Waals surface area contributed by atoms with Gasteiger partial charge in [0.15, 0.2) is 0 Å². The summed E-state index contributed by atoms with van der Waals surface area (Å²) in [6.07, 6.45) is 7.00. The van der Waals surface area contributed by atoms with Gasteiger partial charge in [-0.25, -0.2) is 4.98 Å². The zero-order chi connectivity index (χ0) is 15.3. The number of pyridine rings is 1. The average Bonchev–Trinajstić information content (AvgIpc) is 2.47. The van der Waals surface area contributed by atoms with Crippen molar-refractivity contribution in [2.24, 2.45) is 0 Å². The maximum atomic E-state index is 11.3. The molecule has 0 radical (unpaired) electrons. The third kappa shape index (κ3) is 3.79. The van der Waals surface area contributed by atoms with Crippen molar-refractivity contribution in [2.75, 3.05) is 7.05 Å². The average molecular weight is 287 g/mol. The molecule has 5 nitrogen and oxygen atoms in total. The maximum Gasteiger partial charge on any atom is 0.305 e. The van der Waals surface area contributed by atoms with Crippen LogP contribution in [0.2, 0.25) is 0 Å². The first-order valence-corrected chi connectivity index (χ1v) is 7.34. The summed E-state index contributed by atoms with van der Waals surface area (Å²) in [5, 5.41) is 18.2. The molecule has 21 heavy (non-hydrogen) atoms. The Morgan fingerprint density at radius 3 is 2.81 bits per heavy atom. The van der Waals surface area contributed by atoms with Crippen LogP contribution in [0.1, 0.15) is 49.8 Å². The lowest BCUT2D eigenvalue weighted by Crippen LogP contribution is -2.49. The number of hydrogen-bond donors (Lipinski definition) is 1. The van der Waals surface area contributed by atoms with Gasteiger partial charge in [-0.15, -0.1) is 0 Å². The van der Waals surface area contributed by atoms with E-state index in [0.717, 1.165) is 31.2 Å². The van der Waals surface area contributed by atoms with E-state index in [0.29, 0.717) is 12.2 Å². The Bertz CT molecular complexity index is 545. The molecule has 1 saturated carbocycles. The first kappa shape index (κ1) is 15.5. The number of nitriles is 1. The lowest BCUT2D eigenvalue weighted by Gasteiger charge is -2.44. The fraction of sp³-hybridized carbons (Fsp3) is 0.562. The number of aliphatic carboxylic acids is 1. The molecule has 0 amide bonds. The molecule has 1 aliphatic carbocycles. The van der Waals surface area contributed by atoms with Crippen molar-refractivity contribution < 1.29 is 9.90 Å². The molecule has 0 aliphatic heterocycles. The maximum absolute atomic E-state index is 11.3. The quantitative estimate of drug-likeness (QED) is 0.900. The molecule has 0 spiro atoms. The van der Waals surface area contributed by atoms with Gasteiger partial charge in [0.25, 0.3) is 0 Å². The number of carbonyl (C=O) groups is 1. The molecule has 1 fully saturated rings. The predicted octanol–water partition coefficient (Wildman–Crippen LogP) is 2.56. The molecule has 0 unspecified atom stereocenters. The highest BCUT2D eigenvalue weighted by Crippen LogP contribution is 2.36. The second-order valence-electron chi connectivity index (χ2n) is 5.87. The van der Waals surface area contributed by atoms with Gasteiger partial charge in [0.1, 0.15) is 11.8 Å². The minimum absolute atomic E-state index is 0.180. The van der Waals surface area contributed by atoms with E-state index in [-0.39, 0.29) is 12.0 Å². The number of aromatic nitrogens is 1. The highest BCUT2D eigenvalue weighted by atomic mass is 16.4. The summed E-state index contributed by atoms with van der Waals surface area (Å²) in [6.45, 7) is 0.643. The molecule has 1 heterocycles. The number of nitrogens with zero attached hydrogens (tertiary/aromatic N) is 3. The summed E-state index contributed by atoms with van der Waals surface area (Å²) in [7, 11) is 1.99. The third-order valence-corrected chi connectivity index (χ3v) is 4.43. The standard InChI is InChI=1S/C16H21N3O2/c1-19(12-13-5-8-18-14(9-13)11-17)16(10-15(20)21)6-3-2-4-7-16/h5,8-9H,2-4,6-7,10,12H2,1H3,(H,20,21). The molecule has 0 bridgehead atoms. The molecular formula is C16H21N3O2. The molecule has 0 atom stereocenters. The zero-order valence-electron chi connectivity index (χ0n) is 12.4. The van der Waals surface area contributed by atoms with Gasteiger partial charge in [-0.1, -0.05) is 19.3 Å². The fourth-order valence-electron chi connectivity index (χ4n) is 3.26. The van der Waals surface area contributed by atoms with Gasteiger partial charge in [-0.2, -0.15) is 5.26 Å². The normalized spacial score (nSPS) is 17.4. The molecule has 112 valence electrons. The van der Waals surface area contributed by atoms with Crippen molar-refractivity contribution in [1.82, 2.24) is 9.88 Å². The van der Waals surface area contributed by atoms with Crippen LogP contribution in [0, 0.1) is 11.3 Å². The van der Waals surface area contributed by atoms with Crippen molar-refractivity contribution >= 4 is 5.97 Å². The van der Waals surface area contributed by atoms with Gasteiger partial charge >= 0.3 is 5.97 Å². The van der Waals surface area contributed by atoms with Crippen LogP contribution in [0.25, 0.3) is 0 Å². The first-order chi connectivity index (χ1) is 10.1. The topological polar surface area (TPSA) is 77.2 Å². The molecule has 0 aromatic carbocycles. The van der Waals surface area contributed by atoms with Crippen LogP contribution < -0.4 is 0 Å². The van der Waals surface area contributed by atoms with Crippen LogP contribution in [-0.2, 0) is 11.3 Å². The molecule has 0 saturated heterocycles. The van der Waals surface area contributed by atoms with E-state index in [1.165, 1.54) is 6.42 Å². The second-order valence-corrected chi connectivity index (χ2v) is 5.87. The van der Waals surface area contributed by atoms with E-state index in [4.69, 9.17) is 5.26 Å². The summed E-state index contributed by atoms with van der Waals surface area (Å²) in [4.78, 5) is 17.4. The van der Waals surface area contributed by atoms with Gasteiger partial charge in [0.05, 0.1) is 6.42 Å². The predicted molar refractivity (Wildman–Crippen MR) is 78.5 cm³/mol. The Labute approximate surface area is 125 Å². The smallest absolute Gasteiger partial charge is 0.305 e. The Morgan fingerprint density at radius 2 is 2.19 bits per heavy atom. The number of carboxylic acids is 1. The van der Waals surface area contributed by atoms with Crippen LogP contribution >= 0.6 is 0 Å². The molecule has 2 rings (SSSR count). The summed E-state index contributed by atoms with van der Waals surface area (Å²) in [5.41, 5.74) is 1.14. The largest absolute Gasteiger partial charge is 0.481 e. The second kappa shape index (κ2) is 6.68. The highest BCUT2D eigenvalue weighted by Gasteiger charge is 2.37. The third-order valence-electron chi connectivity index (χ3n) is 4.43. The summed E-state index contributed by atoms with van der Waals surface area (Å²) in [6, 6.07) is 5.69. The minimum Gasteiger partial charge on any atom is -0.481 e. The molecule has 1 aliphatic rings. The van der Waals surface area contributed by atoms with Crippen molar-refractivity contribution in [1.29, 1.82) is 5.26 Å². The minimum atomic E-state index is -0.740. The van der Waals surface area contributed by atoms with Crippen LogP contribution in [-0.4, -0.2) is 33.5 Å². The molecular weight excluding hydrogens is 266 g/mol. The van der Waals surface area contributed by atoms with Crippen LogP contribution in [0.15, 0.2) is 18.3 Å². The highest BCUT2D eigenvalue weighted by molar-refractivity contribution is 5.68. The van der Waals surface area contributed by atoms with E-state index in [1.54, 1.807) is 12.3 Å². The van der Waals surface area contributed by atoms with Gasteiger partial charge in [-0.3, -0.25) is 9.69 Å². The number of rotatable bonds is 5. The van der Waals surface area contributed by atoms with E-state index in [1.807, 2.05) is 19.2 Å². The van der Waals surface area contributed by atoms with Gasteiger partial charge < -0.3 is 5.11 Å². The number of hydrogen-bond acceptors (Lipinski definition) is 4. The molecule has 1 aromatic heterocycles. The zero-order valence-corrected chi connectivity index (χ0v) is 12.4. The van der Waals surface area contributed by atoms with Crippen LogP contribution in [0.4, 0.5) is 0 Å². The van der Waals surface area contributed by atoms with Crippen molar-refractivity contribution in [3.63, 3.8) is 0 Å². The Balaban J connectivity index is 2.16. The summed E-state index contributed by atoms with van der Waals surface area (Å²) >= 11 is 0. The van der Waals surface area contributed by atoms with E-state index in [2.05, 4.69) is 9.88 Å². The van der Waals surface area contributed by atoms with E-state index >= 15 is 0 Å². The van der Waals surface area contributed by atoms with E-state index < -0.39 is 5.97 Å². The van der Waals surface area contributed by atoms with Gasteiger partial charge in [0.2, 0.25) is 0 Å². The van der Waals surface area contributed by atoms with Crippen molar-refractivity contribution in [2.45, 2.75) is 50.6 Å². The Morgan fingerprint density at radius 1 is 1.48 bits per heavy atom. The monoisotopic (exact) mass is 287 g/mol. The summed E-state index contributed by atoms with van der Waals surface area (Å²) in [5.74, 6) is -0.740. The Hall–Kier alpha value is -1.93. The molecule has 5 heteroatoms. The summed E-state index contributed by atoms with van der Waals surface area (Å²) < 4.78 is 0. The lowest BCUT2D eigenvalue weighted by molar-refractivity contribution is -0.141. The van der Waals surface area contributed by atoms with Gasteiger partial charge in [0, 0.05) is 18.3 Å². The SMILES string of the molecule is CN(Cc1ccnc(C#N)c1)C1(CC(=O)O)CCCCC1. The molecule has 1 aromatic rings. The fourth-order valence-corrected chi connectivity index (χ4v) is 3.26. The van der Waals surface area contributed by atoms with E-state index in [9.17, 15) is 9.90 Å².